The van der Waals surface area contributed by atoms with Crippen molar-refractivity contribution in [1.82, 2.24) is 19.6 Å². The van der Waals surface area contributed by atoms with Crippen molar-refractivity contribution in [2.24, 2.45) is 0 Å². The number of nitrogen functional groups attached to an aromatic ring is 2. The van der Waals surface area contributed by atoms with E-state index in [1.165, 1.54) is 16.9 Å². The molecule has 0 aliphatic heterocycles. The lowest BCUT2D eigenvalue weighted by atomic mass is 10.1. The Kier molecular flexibility index (Phi) is 2.71. The van der Waals surface area contributed by atoms with Crippen molar-refractivity contribution in [3.8, 4) is 11.1 Å². The number of hydrogen-bond acceptors (Lipinski definition) is 5. The topological polar surface area (TPSA) is 95.1 Å². The number of fused-ring (bicyclic) bond motifs is 1. The summed E-state index contributed by atoms with van der Waals surface area (Å²) < 4.78 is 39.9. The summed E-state index contributed by atoms with van der Waals surface area (Å²) in [5.41, 5.74) is 11.0. The van der Waals surface area contributed by atoms with Crippen LogP contribution in [0, 0.1) is 0 Å². The van der Waals surface area contributed by atoms with Gasteiger partial charge in [-0.3, -0.25) is 0 Å². The van der Waals surface area contributed by atoms with Gasteiger partial charge >= 0.3 is 6.18 Å². The smallest absolute Gasteiger partial charge is 0.383 e. The average Bonchev–Trinajstić information content (AvgIpc) is 2.77. The Balaban J connectivity index is 2.13. The molecule has 0 radical (unpaired) electrons. The molecular weight excluding hydrogens is 285 g/mol. The first kappa shape index (κ1) is 13.2. The van der Waals surface area contributed by atoms with E-state index in [2.05, 4.69) is 15.1 Å². The maximum Gasteiger partial charge on any atom is 0.419 e. The zero-order chi connectivity index (χ0) is 15.2. The summed E-state index contributed by atoms with van der Waals surface area (Å²) in [6.07, 6.45) is -1.77. The highest BCUT2D eigenvalue weighted by molar-refractivity contribution is 5.66. The quantitative estimate of drug-likeness (QED) is 0.715. The molecule has 3 heterocycles. The molecule has 108 valence electrons. The summed E-state index contributed by atoms with van der Waals surface area (Å²) >= 11 is 0. The van der Waals surface area contributed by atoms with E-state index in [0.717, 1.165) is 6.07 Å². The van der Waals surface area contributed by atoms with Crippen LogP contribution < -0.4 is 11.5 Å². The number of aromatic nitrogens is 4. The minimum atomic E-state index is -4.56. The van der Waals surface area contributed by atoms with E-state index in [4.69, 9.17) is 11.5 Å². The third-order valence-electron chi connectivity index (χ3n) is 2.90. The van der Waals surface area contributed by atoms with E-state index >= 15 is 0 Å². The average molecular weight is 294 g/mol. The van der Waals surface area contributed by atoms with Crippen LogP contribution in [0.4, 0.5) is 24.9 Å². The summed E-state index contributed by atoms with van der Waals surface area (Å²) in [6.45, 7) is 0. The molecule has 0 bridgehead atoms. The molecular formula is C12H9F3N6. The molecule has 3 aromatic heterocycles. The zero-order valence-corrected chi connectivity index (χ0v) is 10.5. The first-order chi connectivity index (χ1) is 9.84. The number of rotatable bonds is 1. The van der Waals surface area contributed by atoms with E-state index in [1.54, 1.807) is 12.1 Å². The fourth-order valence-corrected chi connectivity index (χ4v) is 1.93. The molecule has 0 atom stereocenters. The number of hydrogen-bond donors (Lipinski definition) is 2. The van der Waals surface area contributed by atoms with Crippen LogP contribution in [-0.2, 0) is 6.18 Å². The number of nitrogens with two attached hydrogens (primary N) is 2. The highest BCUT2D eigenvalue weighted by Crippen LogP contribution is 2.35. The van der Waals surface area contributed by atoms with Crippen LogP contribution in [-0.4, -0.2) is 19.6 Å². The van der Waals surface area contributed by atoms with Gasteiger partial charge in [0, 0.05) is 23.5 Å². The number of nitrogens with zero attached hydrogens (tertiary/aromatic N) is 4. The van der Waals surface area contributed by atoms with E-state index in [1.807, 2.05) is 0 Å². The van der Waals surface area contributed by atoms with Crippen LogP contribution in [0.5, 0.6) is 0 Å². The minimum absolute atomic E-state index is 0.0820. The van der Waals surface area contributed by atoms with Crippen LogP contribution in [0.2, 0.25) is 0 Å². The SMILES string of the molecule is Nc1nc2ccc(-c3cnc(N)c(C(F)(F)F)c3)cn2n1. The highest BCUT2D eigenvalue weighted by atomic mass is 19.4. The normalized spacial score (nSPS) is 12.0. The van der Waals surface area contributed by atoms with Crippen molar-refractivity contribution in [3.63, 3.8) is 0 Å². The van der Waals surface area contributed by atoms with Gasteiger partial charge in [0.2, 0.25) is 5.95 Å². The predicted molar refractivity (Wildman–Crippen MR) is 70.0 cm³/mol. The van der Waals surface area contributed by atoms with E-state index in [0.29, 0.717) is 11.2 Å². The summed E-state index contributed by atoms with van der Waals surface area (Å²) in [5.74, 6) is -0.476. The molecule has 4 N–H and O–H groups in total. The number of pyridine rings is 2. The number of halogens is 3. The Morgan fingerprint density at radius 3 is 2.57 bits per heavy atom. The lowest BCUT2D eigenvalue weighted by Crippen LogP contribution is -2.10. The maximum absolute atomic E-state index is 12.8. The van der Waals surface area contributed by atoms with E-state index < -0.39 is 17.6 Å². The van der Waals surface area contributed by atoms with Gasteiger partial charge in [-0.15, -0.1) is 5.10 Å². The third-order valence-corrected chi connectivity index (χ3v) is 2.90. The molecule has 6 nitrogen and oxygen atoms in total. The van der Waals surface area contributed by atoms with Gasteiger partial charge < -0.3 is 11.5 Å². The van der Waals surface area contributed by atoms with Crippen molar-refractivity contribution in [1.29, 1.82) is 0 Å². The molecule has 0 aliphatic rings. The molecule has 0 spiro atoms. The van der Waals surface area contributed by atoms with Gasteiger partial charge in [0.25, 0.3) is 0 Å². The fraction of sp³-hybridized carbons (Fsp3) is 0.0833. The third kappa shape index (κ3) is 2.33. The Bertz CT molecular complexity index is 823. The Labute approximate surface area is 116 Å². The van der Waals surface area contributed by atoms with Crippen LogP contribution >= 0.6 is 0 Å². The Morgan fingerprint density at radius 1 is 1.10 bits per heavy atom. The van der Waals surface area contributed by atoms with Crippen molar-refractivity contribution >= 4 is 17.4 Å². The summed E-state index contributed by atoms with van der Waals surface area (Å²) in [5, 5.41) is 3.90. The van der Waals surface area contributed by atoms with Crippen LogP contribution in [0.1, 0.15) is 5.56 Å². The zero-order valence-electron chi connectivity index (χ0n) is 10.5. The molecule has 3 aromatic rings. The lowest BCUT2D eigenvalue weighted by molar-refractivity contribution is -0.137. The maximum atomic E-state index is 12.8. The minimum Gasteiger partial charge on any atom is -0.383 e. The van der Waals surface area contributed by atoms with Crippen LogP contribution in [0.25, 0.3) is 16.8 Å². The molecule has 0 saturated carbocycles. The van der Waals surface area contributed by atoms with Crippen molar-refractivity contribution in [3.05, 3.63) is 36.2 Å². The fourth-order valence-electron chi connectivity index (χ4n) is 1.93. The molecule has 0 amide bonds. The van der Waals surface area contributed by atoms with Gasteiger partial charge in [-0.2, -0.15) is 18.2 Å². The molecule has 21 heavy (non-hydrogen) atoms. The van der Waals surface area contributed by atoms with E-state index in [-0.39, 0.29) is 11.5 Å². The molecule has 0 aliphatic carbocycles. The van der Waals surface area contributed by atoms with E-state index in [9.17, 15) is 13.2 Å². The van der Waals surface area contributed by atoms with Gasteiger partial charge in [0.1, 0.15) is 5.82 Å². The Morgan fingerprint density at radius 2 is 1.86 bits per heavy atom. The molecule has 0 aromatic carbocycles. The molecule has 0 unspecified atom stereocenters. The predicted octanol–water partition coefficient (Wildman–Crippen LogP) is 1.97. The van der Waals surface area contributed by atoms with Crippen molar-refractivity contribution in [2.75, 3.05) is 11.5 Å². The molecule has 3 rings (SSSR count). The summed E-state index contributed by atoms with van der Waals surface area (Å²) in [6, 6.07) is 4.16. The van der Waals surface area contributed by atoms with Crippen LogP contribution in [0.15, 0.2) is 30.6 Å². The first-order valence-corrected chi connectivity index (χ1v) is 5.79. The van der Waals surface area contributed by atoms with Crippen molar-refractivity contribution in [2.45, 2.75) is 6.18 Å². The molecule has 0 fully saturated rings. The summed E-state index contributed by atoms with van der Waals surface area (Å²) in [7, 11) is 0. The molecule has 0 saturated heterocycles. The lowest BCUT2D eigenvalue weighted by Gasteiger charge is -2.11. The monoisotopic (exact) mass is 294 g/mol. The van der Waals surface area contributed by atoms with Crippen molar-refractivity contribution < 1.29 is 13.2 Å². The summed E-state index contributed by atoms with van der Waals surface area (Å²) in [4.78, 5) is 7.53. The van der Waals surface area contributed by atoms with Gasteiger partial charge in [0.15, 0.2) is 5.65 Å². The van der Waals surface area contributed by atoms with Gasteiger partial charge in [0.05, 0.1) is 5.56 Å². The largest absolute Gasteiger partial charge is 0.419 e. The van der Waals surface area contributed by atoms with Gasteiger partial charge in [-0.1, -0.05) is 0 Å². The standard InChI is InChI=1S/C12H9F3N6/c13-12(14,15)8-3-7(4-18-10(8)16)6-1-2-9-19-11(17)20-21(9)5-6/h1-5H,(H2,16,18)(H2,17,20). The molecule has 9 heteroatoms. The van der Waals surface area contributed by atoms with Gasteiger partial charge in [-0.25, -0.2) is 9.50 Å². The Hall–Kier alpha value is -2.84. The number of anilines is 2. The highest BCUT2D eigenvalue weighted by Gasteiger charge is 2.34. The number of alkyl halides is 3. The second kappa shape index (κ2) is 4.33. The second-order valence-corrected chi connectivity index (χ2v) is 4.35. The first-order valence-electron chi connectivity index (χ1n) is 5.79. The van der Waals surface area contributed by atoms with Crippen LogP contribution in [0.3, 0.4) is 0 Å². The van der Waals surface area contributed by atoms with Gasteiger partial charge in [-0.05, 0) is 18.2 Å². The second-order valence-electron chi connectivity index (χ2n) is 4.35.